The van der Waals surface area contributed by atoms with Gasteiger partial charge in [0, 0.05) is 0 Å². The van der Waals surface area contributed by atoms with Crippen LogP contribution in [0.3, 0.4) is 0 Å². The van der Waals surface area contributed by atoms with Crippen LogP contribution in [-0.4, -0.2) is 10.8 Å². The molecule has 0 aromatic heterocycles. The lowest BCUT2D eigenvalue weighted by Crippen LogP contribution is -2.35. The van der Waals surface area contributed by atoms with Gasteiger partial charge in [-0.3, -0.25) is 0 Å². The Morgan fingerprint density at radius 3 is 1.50 bits per heavy atom. The van der Waals surface area contributed by atoms with Gasteiger partial charge in [0.15, 0.2) is 5.83 Å². The van der Waals surface area contributed by atoms with E-state index in [1.54, 1.807) is 0 Å². The first-order chi connectivity index (χ1) is 4.19. The van der Waals surface area contributed by atoms with Gasteiger partial charge in [-0.15, -0.1) is 0 Å². The summed E-state index contributed by atoms with van der Waals surface area (Å²) in [5, 5.41) is 0. The molecule has 0 N–H and O–H groups in total. The molecule has 0 aromatic rings. The molecule has 0 aliphatic heterocycles. The monoisotopic (exact) mass is 224 g/mol. The Labute approximate surface area is 61.8 Å². The molecule has 0 rings (SSSR count). The Kier molecular flexibility index (Phi) is 2.45. The van der Waals surface area contributed by atoms with Crippen LogP contribution in [0, 0.1) is 0 Å². The molecule has 0 amide bonds. The molecule has 6 heteroatoms. The highest BCUT2D eigenvalue weighted by atomic mass is 79.9. The van der Waals surface area contributed by atoms with Crippen molar-refractivity contribution in [1.29, 1.82) is 0 Å². The number of hydrogen-bond acceptors (Lipinski definition) is 0. The zero-order valence-corrected chi connectivity index (χ0v) is 6.06. The molecular weight excluding hydrogens is 223 g/mol. The van der Waals surface area contributed by atoms with Gasteiger partial charge in [0.1, 0.15) is 0 Å². The number of rotatable bonds is 2. The maximum atomic E-state index is 11.8. The lowest BCUT2D eigenvalue weighted by atomic mass is 10.3. The lowest BCUT2D eigenvalue weighted by molar-refractivity contribution is -0.130. The zero-order chi connectivity index (χ0) is 8.58. The Bertz CT molecular complexity index is 146. The molecule has 0 radical (unpaired) electrons. The lowest BCUT2D eigenvalue weighted by Gasteiger charge is -2.18. The molecule has 0 bridgehead atoms. The van der Waals surface area contributed by atoms with Crippen LogP contribution < -0.4 is 0 Å². The summed E-state index contributed by atoms with van der Waals surface area (Å²) in [5.41, 5.74) is 0. The van der Waals surface area contributed by atoms with E-state index in [1.165, 1.54) is 15.9 Å². The van der Waals surface area contributed by atoms with Gasteiger partial charge in [-0.05, 0) is 15.9 Å². The normalized spacial score (nSPS) is 13.4. The van der Waals surface area contributed by atoms with E-state index >= 15 is 0 Å². The molecule has 0 heterocycles. The molecule has 0 fully saturated rings. The molecule has 0 saturated carbocycles. The maximum Gasteiger partial charge on any atom is 0.370 e. The van der Waals surface area contributed by atoms with Gasteiger partial charge in [-0.1, -0.05) is 6.58 Å². The molecule has 0 aromatic carbocycles. The van der Waals surface area contributed by atoms with Crippen molar-refractivity contribution >= 4 is 15.9 Å². The summed E-state index contributed by atoms with van der Waals surface area (Å²) in [6, 6.07) is 0. The summed E-state index contributed by atoms with van der Waals surface area (Å²) < 4.78 is 58.3. The standard InChI is InChI=1S/C4H2BrF5/c1-2(6)3(7,8)4(5,9)10/h1H2. The molecule has 10 heavy (non-hydrogen) atoms. The molecule has 0 aliphatic carbocycles. The Morgan fingerprint density at radius 1 is 1.20 bits per heavy atom. The highest BCUT2D eigenvalue weighted by Crippen LogP contribution is 2.43. The number of halogens is 6. The van der Waals surface area contributed by atoms with Crippen LogP contribution in [0.25, 0.3) is 0 Å². The van der Waals surface area contributed by atoms with E-state index < -0.39 is 16.6 Å². The average Bonchev–Trinajstić information content (AvgIpc) is 1.62. The van der Waals surface area contributed by atoms with Crippen LogP contribution >= 0.6 is 15.9 Å². The molecule has 0 spiro atoms. The van der Waals surface area contributed by atoms with E-state index in [-0.39, 0.29) is 0 Å². The third kappa shape index (κ3) is 1.68. The van der Waals surface area contributed by atoms with Crippen molar-refractivity contribution < 1.29 is 22.0 Å². The van der Waals surface area contributed by atoms with Crippen LogP contribution in [0.4, 0.5) is 22.0 Å². The second-order valence-electron chi connectivity index (χ2n) is 1.48. The second kappa shape index (κ2) is 2.48. The van der Waals surface area contributed by atoms with Crippen molar-refractivity contribution in [2.75, 3.05) is 0 Å². The van der Waals surface area contributed by atoms with Gasteiger partial charge in [0.05, 0.1) is 0 Å². The summed E-state index contributed by atoms with van der Waals surface area (Å²) in [5.74, 6) is -7.21. The first-order valence-electron chi connectivity index (χ1n) is 1.99. The predicted octanol–water partition coefficient (Wildman–Crippen LogP) is 3.09. The van der Waals surface area contributed by atoms with E-state index in [0.717, 1.165) is 0 Å². The van der Waals surface area contributed by atoms with Crippen LogP contribution in [-0.2, 0) is 0 Å². The molecule has 0 nitrogen and oxygen atoms in total. The average molecular weight is 225 g/mol. The summed E-state index contributed by atoms with van der Waals surface area (Å²) in [7, 11) is 0. The Morgan fingerprint density at radius 2 is 1.50 bits per heavy atom. The van der Waals surface area contributed by atoms with Crippen molar-refractivity contribution in [3.05, 3.63) is 12.4 Å². The summed E-state index contributed by atoms with van der Waals surface area (Å²) >= 11 is 1.32. The molecule has 60 valence electrons. The van der Waals surface area contributed by atoms with E-state index in [1.807, 2.05) is 0 Å². The quantitative estimate of drug-likeness (QED) is 0.500. The van der Waals surface area contributed by atoms with Gasteiger partial charge >= 0.3 is 10.8 Å². The highest BCUT2D eigenvalue weighted by Gasteiger charge is 2.57. The molecule has 0 aliphatic rings. The van der Waals surface area contributed by atoms with Crippen LogP contribution in [0.5, 0.6) is 0 Å². The molecular formula is C4H2BrF5. The topological polar surface area (TPSA) is 0 Å². The summed E-state index contributed by atoms with van der Waals surface area (Å²) in [4.78, 5) is -4.58. The van der Waals surface area contributed by atoms with Gasteiger partial charge in [-0.25, -0.2) is 4.39 Å². The van der Waals surface area contributed by atoms with Crippen LogP contribution in [0.1, 0.15) is 0 Å². The van der Waals surface area contributed by atoms with Crippen molar-refractivity contribution in [3.63, 3.8) is 0 Å². The summed E-state index contributed by atoms with van der Waals surface area (Å²) in [6.07, 6.45) is 0. The Balaban J connectivity index is 4.57. The fraction of sp³-hybridized carbons (Fsp3) is 0.500. The van der Waals surface area contributed by atoms with Crippen molar-refractivity contribution in [3.8, 4) is 0 Å². The first-order valence-corrected chi connectivity index (χ1v) is 2.78. The van der Waals surface area contributed by atoms with Crippen molar-refractivity contribution in [1.82, 2.24) is 0 Å². The van der Waals surface area contributed by atoms with Gasteiger partial charge in [0.2, 0.25) is 0 Å². The fourth-order valence-electron chi connectivity index (χ4n) is 0.154. The van der Waals surface area contributed by atoms with Crippen molar-refractivity contribution in [2.24, 2.45) is 0 Å². The van der Waals surface area contributed by atoms with E-state index in [2.05, 4.69) is 6.58 Å². The van der Waals surface area contributed by atoms with E-state index in [4.69, 9.17) is 0 Å². The van der Waals surface area contributed by atoms with E-state index in [9.17, 15) is 22.0 Å². The van der Waals surface area contributed by atoms with Crippen LogP contribution in [0.2, 0.25) is 0 Å². The third-order valence-electron chi connectivity index (χ3n) is 0.697. The van der Waals surface area contributed by atoms with Gasteiger partial charge in [0.25, 0.3) is 0 Å². The minimum absolute atomic E-state index is 1.32. The molecule has 0 unspecified atom stereocenters. The number of alkyl halides is 5. The highest BCUT2D eigenvalue weighted by molar-refractivity contribution is 9.10. The van der Waals surface area contributed by atoms with Crippen molar-refractivity contribution in [2.45, 2.75) is 10.8 Å². The predicted molar refractivity (Wildman–Crippen MR) is 29.1 cm³/mol. The van der Waals surface area contributed by atoms with E-state index in [0.29, 0.717) is 0 Å². The molecule has 0 atom stereocenters. The maximum absolute atomic E-state index is 11.8. The third-order valence-corrected chi connectivity index (χ3v) is 1.19. The zero-order valence-electron chi connectivity index (χ0n) is 4.47. The minimum atomic E-state index is -4.84. The minimum Gasteiger partial charge on any atom is -0.206 e. The Hall–Kier alpha value is -0.130. The largest absolute Gasteiger partial charge is 0.370 e. The summed E-state index contributed by atoms with van der Waals surface area (Å²) in [6.45, 7) is 2.07. The fourth-order valence-corrected chi connectivity index (χ4v) is 0.369. The SMILES string of the molecule is C=C(F)C(F)(F)C(F)(F)Br. The number of hydrogen-bond donors (Lipinski definition) is 0. The van der Waals surface area contributed by atoms with Gasteiger partial charge in [-0.2, -0.15) is 17.6 Å². The van der Waals surface area contributed by atoms with Gasteiger partial charge < -0.3 is 0 Å². The molecule has 0 saturated heterocycles. The first kappa shape index (κ1) is 9.87. The number of allylic oxidation sites excluding steroid dienone is 1. The second-order valence-corrected chi connectivity index (χ2v) is 2.47. The smallest absolute Gasteiger partial charge is 0.206 e. The van der Waals surface area contributed by atoms with Crippen LogP contribution in [0.15, 0.2) is 12.4 Å².